The Hall–Kier alpha value is -2.30. The van der Waals surface area contributed by atoms with E-state index >= 15 is 0 Å². The van der Waals surface area contributed by atoms with Crippen LogP contribution in [0.15, 0.2) is 28.2 Å². The van der Waals surface area contributed by atoms with Crippen LogP contribution in [0.3, 0.4) is 0 Å². The van der Waals surface area contributed by atoms with Crippen LogP contribution >= 0.6 is 0 Å². The van der Waals surface area contributed by atoms with Crippen molar-refractivity contribution in [2.75, 3.05) is 0 Å². The summed E-state index contributed by atoms with van der Waals surface area (Å²) in [7, 11) is 0. The van der Waals surface area contributed by atoms with Crippen LogP contribution < -0.4 is 16.8 Å². The van der Waals surface area contributed by atoms with Crippen molar-refractivity contribution >= 4 is 11.8 Å². The quantitative estimate of drug-likeness (QED) is 0.699. The number of hydrogen-bond acceptors (Lipinski definition) is 6. The molecule has 0 saturated heterocycles. The highest BCUT2D eigenvalue weighted by atomic mass is 19.4. The van der Waals surface area contributed by atoms with Gasteiger partial charge < -0.3 is 11.1 Å². The molecule has 1 aromatic heterocycles. The third kappa shape index (κ3) is 3.55. The maximum Gasteiger partial charge on any atom is 0.433 e. The molecule has 1 fully saturated rings. The Morgan fingerprint density at radius 1 is 1.20 bits per heavy atom. The second-order valence-electron chi connectivity index (χ2n) is 6.07. The van der Waals surface area contributed by atoms with Crippen LogP contribution in [0.5, 0.6) is 0 Å². The van der Waals surface area contributed by atoms with Crippen molar-refractivity contribution in [3.8, 4) is 0 Å². The lowest BCUT2D eigenvalue weighted by Gasteiger charge is -2.32. The molecule has 0 amide bonds. The normalized spacial score (nSPS) is 29.0. The van der Waals surface area contributed by atoms with E-state index in [9.17, 15) is 22.0 Å². The van der Waals surface area contributed by atoms with Gasteiger partial charge in [-0.25, -0.2) is 23.7 Å². The molecule has 0 radical (unpaired) electrons. The molecule has 2 aliphatic rings. The fraction of sp³-hybridized carbons (Fsp3) is 0.500. The van der Waals surface area contributed by atoms with Gasteiger partial charge in [0.2, 0.25) is 11.7 Å². The molecular formula is C14H15F5N6. The minimum absolute atomic E-state index is 0.0765. The number of alkyl halides is 5. The number of nitrogens with one attached hydrogen (secondary N) is 1. The summed E-state index contributed by atoms with van der Waals surface area (Å²) in [6.45, 7) is 0. The first-order chi connectivity index (χ1) is 11.5. The van der Waals surface area contributed by atoms with E-state index in [1.165, 1.54) is 6.07 Å². The van der Waals surface area contributed by atoms with Gasteiger partial charge >= 0.3 is 6.18 Å². The van der Waals surface area contributed by atoms with Crippen LogP contribution in [0, 0.1) is 5.92 Å². The standard InChI is InChI=1S/C14H15F5N6/c15-12(16)5-4-7(6-12)14(21)24-10(23-11(20)25-14)8-2-1-3-9(22-8)13(17,18)19/h1-3,7H,4-6,21H2,(H3,20,23,24,25). The minimum Gasteiger partial charge on any atom is -0.370 e. The zero-order chi connectivity index (χ0) is 18.5. The van der Waals surface area contributed by atoms with Crippen LogP contribution in [-0.2, 0) is 6.18 Å². The number of aliphatic imine (C=N–C) groups is 2. The highest BCUT2D eigenvalue weighted by Crippen LogP contribution is 2.44. The number of halogens is 5. The van der Waals surface area contributed by atoms with Crippen molar-refractivity contribution in [1.82, 2.24) is 10.3 Å². The van der Waals surface area contributed by atoms with Crippen LogP contribution in [0.25, 0.3) is 0 Å². The number of amidine groups is 1. The Morgan fingerprint density at radius 2 is 1.92 bits per heavy atom. The first-order valence-corrected chi connectivity index (χ1v) is 7.42. The van der Waals surface area contributed by atoms with Crippen LogP contribution in [0.4, 0.5) is 22.0 Å². The zero-order valence-electron chi connectivity index (χ0n) is 12.8. The summed E-state index contributed by atoms with van der Waals surface area (Å²) in [6, 6.07) is 3.24. The Morgan fingerprint density at radius 3 is 2.52 bits per heavy atom. The van der Waals surface area contributed by atoms with Crippen LogP contribution in [0.2, 0.25) is 0 Å². The van der Waals surface area contributed by atoms with Gasteiger partial charge in [-0.05, 0) is 18.6 Å². The number of aromatic nitrogens is 1. The van der Waals surface area contributed by atoms with E-state index in [0.717, 1.165) is 12.1 Å². The molecule has 6 nitrogen and oxygen atoms in total. The largest absolute Gasteiger partial charge is 0.433 e. The summed E-state index contributed by atoms with van der Waals surface area (Å²) in [5, 5.41) is 2.49. The maximum absolute atomic E-state index is 13.5. The summed E-state index contributed by atoms with van der Waals surface area (Å²) in [5.74, 6) is -5.81. The lowest BCUT2D eigenvalue weighted by atomic mass is 9.99. The van der Waals surface area contributed by atoms with E-state index < -0.39 is 35.9 Å². The van der Waals surface area contributed by atoms with Crippen molar-refractivity contribution < 1.29 is 22.0 Å². The summed E-state index contributed by atoms with van der Waals surface area (Å²) < 4.78 is 65.4. The molecule has 1 aliphatic heterocycles. The molecular weight excluding hydrogens is 347 g/mol. The minimum atomic E-state index is -4.64. The van der Waals surface area contributed by atoms with Crippen molar-refractivity contribution in [2.45, 2.75) is 37.1 Å². The average molecular weight is 362 g/mol. The van der Waals surface area contributed by atoms with Crippen LogP contribution in [0.1, 0.15) is 30.7 Å². The topological polar surface area (TPSA) is 102 Å². The van der Waals surface area contributed by atoms with Gasteiger partial charge in [-0.2, -0.15) is 13.2 Å². The van der Waals surface area contributed by atoms with E-state index in [1.807, 2.05) is 0 Å². The molecule has 25 heavy (non-hydrogen) atoms. The van der Waals surface area contributed by atoms with Gasteiger partial charge in [0.15, 0.2) is 11.8 Å². The number of rotatable bonds is 2. The summed E-state index contributed by atoms with van der Waals surface area (Å²) >= 11 is 0. The predicted molar refractivity (Wildman–Crippen MR) is 79.7 cm³/mol. The molecule has 1 aromatic rings. The summed E-state index contributed by atoms with van der Waals surface area (Å²) in [5.41, 5.74) is 10.4. The smallest absolute Gasteiger partial charge is 0.370 e. The molecule has 2 unspecified atom stereocenters. The van der Waals surface area contributed by atoms with Gasteiger partial charge in [0.25, 0.3) is 0 Å². The summed E-state index contributed by atoms with van der Waals surface area (Å²) in [6.07, 6.45) is -5.44. The lowest BCUT2D eigenvalue weighted by molar-refractivity contribution is -0.141. The fourth-order valence-electron chi connectivity index (χ4n) is 2.92. The Bertz CT molecular complexity index is 743. The van der Waals surface area contributed by atoms with Crippen molar-refractivity contribution in [2.24, 2.45) is 27.4 Å². The molecule has 0 spiro atoms. The number of pyridine rings is 1. The zero-order valence-corrected chi connectivity index (χ0v) is 12.8. The third-order valence-corrected chi connectivity index (χ3v) is 4.12. The molecule has 3 rings (SSSR count). The Kier molecular flexibility index (Phi) is 3.93. The molecule has 2 atom stereocenters. The highest BCUT2D eigenvalue weighted by molar-refractivity contribution is 6.08. The molecule has 1 aliphatic carbocycles. The molecule has 11 heteroatoms. The van der Waals surface area contributed by atoms with E-state index in [4.69, 9.17) is 11.5 Å². The Balaban J connectivity index is 1.96. The first kappa shape index (κ1) is 17.5. The lowest BCUT2D eigenvalue weighted by Crippen LogP contribution is -2.53. The molecule has 0 bridgehead atoms. The van der Waals surface area contributed by atoms with Gasteiger partial charge in [0.1, 0.15) is 11.4 Å². The van der Waals surface area contributed by atoms with Gasteiger partial charge in [-0.15, -0.1) is 0 Å². The fourth-order valence-corrected chi connectivity index (χ4v) is 2.92. The molecule has 1 saturated carbocycles. The summed E-state index contributed by atoms with van der Waals surface area (Å²) in [4.78, 5) is 11.4. The van der Waals surface area contributed by atoms with E-state index in [1.54, 1.807) is 0 Å². The van der Waals surface area contributed by atoms with Crippen molar-refractivity contribution in [1.29, 1.82) is 0 Å². The van der Waals surface area contributed by atoms with Gasteiger partial charge in [-0.1, -0.05) is 6.07 Å². The van der Waals surface area contributed by atoms with E-state index in [2.05, 4.69) is 20.3 Å². The van der Waals surface area contributed by atoms with Crippen LogP contribution in [-0.4, -0.2) is 28.5 Å². The van der Waals surface area contributed by atoms with Crippen molar-refractivity contribution in [3.05, 3.63) is 29.6 Å². The average Bonchev–Trinajstić information content (AvgIpc) is 2.87. The third-order valence-electron chi connectivity index (χ3n) is 4.12. The number of hydrogen-bond donors (Lipinski definition) is 3. The Labute approximate surface area is 139 Å². The first-order valence-electron chi connectivity index (χ1n) is 7.42. The van der Waals surface area contributed by atoms with Gasteiger partial charge in [0.05, 0.1) is 0 Å². The second-order valence-corrected chi connectivity index (χ2v) is 6.07. The van der Waals surface area contributed by atoms with Gasteiger partial charge in [-0.3, -0.25) is 5.73 Å². The van der Waals surface area contributed by atoms with E-state index in [0.29, 0.717) is 0 Å². The number of guanidine groups is 1. The van der Waals surface area contributed by atoms with Crippen molar-refractivity contribution in [3.63, 3.8) is 0 Å². The second kappa shape index (κ2) is 5.61. The van der Waals surface area contributed by atoms with E-state index in [-0.39, 0.29) is 30.3 Å². The molecule has 0 aromatic carbocycles. The SMILES string of the molecule is NC1=NC(N)(C2CCC(F)(F)C2)N=C(c2cccc(C(F)(F)F)n2)N1. The highest BCUT2D eigenvalue weighted by Gasteiger charge is 2.49. The number of nitrogens with zero attached hydrogens (tertiary/aromatic N) is 3. The van der Waals surface area contributed by atoms with Gasteiger partial charge in [0, 0.05) is 18.8 Å². The maximum atomic E-state index is 13.5. The molecule has 5 N–H and O–H groups in total. The predicted octanol–water partition coefficient (Wildman–Crippen LogP) is 1.81. The molecule has 2 heterocycles. The molecule has 136 valence electrons. The number of nitrogens with two attached hydrogens (primary N) is 2. The monoisotopic (exact) mass is 362 g/mol.